The van der Waals surface area contributed by atoms with Crippen LogP contribution in [0.3, 0.4) is 0 Å². The van der Waals surface area contributed by atoms with Gasteiger partial charge in [0.05, 0.1) is 11.6 Å². The number of aliphatic hydroxyl groups excluding tert-OH is 1. The van der Waals surface area contributed by atoms with Gasteiger partial charge < -0.3 is 10.4 Å². The molecule has 1 unspecified atom stereocenters. The highest BCUT2D eigenvalue weighted by Crippen LogP contribution is 2.18. The zero-order valence-corrected chi connectivity index (χ0v) is 14.0. The van der Waals surface area contributed by atoms with Crippen LogP contribution in [0.15, 0.2) is 66.9 Å². The minimum Gasteiger partial charge on any atom is -0.387 e. The van der Waals surface area contributed by atoms with Gasteiger partial charge in [-0.1, -0.05) is 48.5 Å². The minimum absolute atomic E-state index is 0.168. The molecule has 0 aliphatic carbocycles. The van der Waals surface area contributed by atoms with Gasteiger partial charge in [-0.2, -0.15) is 0 Å². The number of para-hydroxylation sites is 1. The summed E-state index contributed by atoms with van der Waals surface area (Å²) in [6.07, 6.45) is 4.22. The Balaban J connectivity index is 1.64. The maximum Gasteiger partial charge on any atom is 0.244 e. The Morgan fingerprint density at radius 3 is 2.80 bits per heavy atom. The molecule has 126 valence electrons. The Hall–Kier alpha value is -2.98. The largest absolute Gasteiger partial charge is 0.387 e. The number of fused-ring (bicyclic) bond motifs is 1. The summed E-state index contributed by atoms with van der Waals surface area (Å²) < 4.78 is 0. The third kappa shape index (κ3) is 4.11. The number of benzene rings is 2. The van der Waals surface area contributed by atoms with Crippen LogP contribution in [-0.4, -0.2) is 22.5 Å². The number of carbonyl (C=O) groups excluding carboxylic acids is 1. The van der Waals surface area contributed by atoms with E-state index in [1.54, 1.807) is 12.3 Å². The number of aryl methyl sites for hydroxylation is 1. The Kier molecular flexibility index (Phi) is 5.21. The summed E-state index contributed by atoms with van der Waals surface area (Å²) in [5.41, 5.74) is 3.56. The lowest BCUT2D eigenvalue weighted by molar-refractivity contribution is -0.116. The molecule has 25 heavy (non-hydrogen) atoms. The molecule has 0 bridgehead atoms. The number of amides is 1. The molecule has 1 atom stereocenters. The lowest BCUT2D eigenvalue weighted by Crippen LogP contribution is -2.26. The highest BCUT2D eigenvalue weighted by atomic mass is 16.3. The molecule has 4 heteroatoms. The van der Waals surface area contributed by atoms with Crippen molar-refractivity contribution in [3.8, 4) is 0 Å². The quantitative estimate of drug-likeness (QED) is 0.704. The van der Waals surface area contributed by atoms with E-state index in [0.717, 1.165) is 27.6 Å². The molecule has 3 rings (SSSR count). The van der Waals surface area contributed by atoms with E-state index in [1.165, 1.54) is 6.08 Å². The van der Waals surface area contributed by atoms with Gasteiger partial charge in [0.2, 0.25) is 5.91 Å². The lowest BCUT2D eigenvalue weighted by Gasteiger charge is -2.13. The first-order valence-corrected chi connectivity index (χ1v) is 8.18. The van der Waals surface area contributed by atoms with E-state index >= 15 is 0 Å². The van der Waals surface area contributed by atoms with Gasteiger partial charge in [-0.3, -0.25) is 9.78 Å². The number of rotatable bonds is 5. The third-order valence-electron chi connectivity index (χ3n) is 4.10. The molecule has 0 saturated heterocycles. The van der Waals surface area contributed by atoms with Crippen molar-refractivity contribution in [3.05, 3.63) is 83.6 Å². The van der Waals surface area contributed by atoms with Crippen molar-refractivity contribution in [1.29, 1.82) is 0 Å². The second-order valence-electron chi connectivity index (χ2n) is 5.87. The van der Waals surface area contributed by atoms with Crippen LogP contribution in [0, 0.1) is 6.92 Å². The SMILES string of the molecule is Cc1ccccc1C(O)CNC(=O)/C=C/c1cccc2cccnc12. The Morgan fingerprint density at radius 1 is 1.16 bits per heavy atom. The van der Waals surface area contributed by atoms with Gasteiger partial charge in [0, 0.05) is 29.8 Å². The van der Waals surface area contributed by atoms with Crippen molar-refractivity contribution in [3.63, 3.8) is 0 Å². The average molecular weight is 332 g/mol. The molecule has 1 amide bonds. The molecule has 0 fully saturated rings. The fourth-order valence-electron chi connectivity index (χ4n) is 2.75. The van der Waals surface area contributed by atoms with Crippen LogP contribution in [0.5, 0.6) is 0 Å². The van der Waals surface area contributed by atoms with Crippen LogP contribution >= 0.6 is 0 Å². The summed E-state index contributed by atoms with van der Waals surface area (Å²) in [7, 11) is 0. The Labute approximate surface area is 146 Å². The molecule has 3 aromatic rings. The maximum atomic E-state index is 12.0. The smallest absolute Gasteiger partial charge is 0.244 e. The minimum atomic E-state index is -0.724. The lowest BCUT2D eigenvalue weighted by atomic mass is 10.0. The molecule has 2 N–H and O–H groups in total. The van der Waals surface area contributed by atoms with Crippen LogP contribution in [0.1, 0.15) is 22.8 Å². The summed E-state index contributed by atoms with van der Waals surface area (Å²) >= 11 is 0. The molecule has 1 heterocycles. The molecular weight excluding hydrogens is 312 g/mol. The number of nitrogens with zero attached hydrogens (tertiary/aromatic N) is 1. The van der Waals surface area contributed by atoms with Gasteiger partial charge in [0.25, 0.3) is 0 Å². The summed E-state index contributed by atoms with van der Waals surface area (Å²) in [4.78, 5) is 16.4. The van der Waals surface area contributed by atoms with Gasteiger partial charge in [-0.05, 0) is 30.2 Å². The monoisotopic (exact) mass is 332 g/mol. The normalized spacial score (nSPS) is 12.4. The van der Waals surface area contributed by atoms with Gasteiger partial charge in [-0.15, -0.1) is 0 Å². The fourth-order valence-corrected chi connectivity index (χ4v) is 2.75. The van der Waals surface area contributed by atoms with E-state index < -0.39 is 6.10 Å². The first kappa shape index (κ1) is 16.9. The zero-order valence-electron chi connectivity index (χ0n) is 14.0. The maximum absolute atomic E-state index is 12.0. The van der Waals surface area contributed by atoms with Crippen LogP contribution in [-0.2, 0) is 4.79 Å². The molecule has 2 aromatic carbocycles. The highest BCUT2D eigenvalue weighted by molar-refractivity contribution is 5.95. The topological polar surface area (TPSA) is 62.2 Å². The zero-order chi connectivity index (χ0) is 17.6. The van der Waals surface area contributed by atoms with Crippen molar-refractivity contribution in [2.24, 2.45) is 0 Å². The standard InChI is InChI=1S/C21H20N2O2/c1-15-6-2-3-10-18(15)19(24)14-23-20(25)12-11-17-8-4-7-16-9-5-13-22-21(16)17/h2-13,19,24H,14H2,1H3,(H,23,25)/b12-11+. The van der Waals surface area contributed by atoms with Gasteiger partial charge >= 0.3 is 0 Å². The van der Waals surface area contributed by atoms with Gasteiger partial charge in [-0.25, -0.2) is 0 Å². The first-order chi connectivity index (χ1) is 12.1. The first-order valence-electron chi connectivity index (χ1n) is 8.18. The third-order valence-corrected chi connectivity index (χ3v) is 4.10. The van der Waals surface area contributed by atoms with E-state index in [2.05, 4.69) is 10.3 Å². The number of nitrogens with one attached hydrogen (secondary N) is 1. The average Bonchev–Trinajstić information content (AvgIpc) is 2.64. The van der Waals surface area contributed by atoms with E-state index in [4.69, 9.17) is 0 Å². The number of pyridine rings is 1. The second-order valence-corrected chi connectivity index (χ2v) is 5.87. The predicted octanol–water partition coefficient (Wildman–Crippen LogP) is 3.41. The number of aliphatic hydroxyl groups is 1. The Bertz CT molecular complexity index is 913. The van der Waals surface area contributed by atoms with E-state index in [-0.39, 0.29) is 12.5 Å². The summed E-state index contributed by atoms with van der Waals surface area (Å²) in [6, 6.07) is 17.3. The van der Waals surface area contributed by atoms with Crippen LogP contribution in [0.4, 0.5) is 0 Å². The molecule has 0 aliphatic heterocycles. The van der Waals surface area contributed by atoms with E-state index in [0.29, 0.717) is 0 Å². The van der Waals surface area contributed by atoms with Crippen molar-refractivity contribution >= 4 is 22.9 Å². The van der Waals surface area contributed by atoms with Crippen LogP contribution < -0.4 is 5.32 Å². The van der Waals surface area contributed by atoms with Gasteiger partial charge in [0.15, 0.2) is 0 Å². The van der Waals surface area contributed by atoms with E-state index in [9.17, 15) is 9.90 Å². The second kappa shape index (κ2) is 7.73. The Morgan fingerprint density at radius 2 is 1.96 bits per heavy atom. The molecule has 0 spiro atoms. The van der Waals surface area contributed by atoms with E-state index in [1.807, 2.05) is 61.5 Å². The van der Waals surface area contributed by atoms with Crippen molar-refractivity contribution in [2.45, 2.75) is 13.0 Å². The molecular formula is C21H20N2O2. The fraction of sp³-hybridized carbons (Fsp3) is 0.143. The molecule has 0 aliphatic rings. The summed E-state index contributed by atoms with van der Waals surface area (Å²) in [5, 5.41) is 14.0. The molecule has 1 aromatic heterocycles. The number of hydrogen-bond donors (Lipinski definition) is 2. The van der Waals surface area contributed by atoms with Crippen molar-refractivity contribution in [1.82, 2.24) is 10.3 Å². The molecule has 0 saturated carbocycles. The molecule has 0 radical (unpaired) electrons. The number of aromatic nitrogens is 1. The highest BCUT2D eigenvalue weighted by Gasteiger charge is 2.10. The van der Waals surface area contributed by atoms with Crippen molar-refractivity contribution in [2.75, 3.05) is 6.54 Å². The summed E-state index contributed by atoms with van der Waals surface area (Å²) in [6.45, 7) is 2.11. The van der Waals surface area contributed by atoms with Crippen LogP contribution in [0.25, 0.3) is 17.0 Å². The molecule has 4 nitrogen and oxygen atoms in total. The number of hydrogen-bond acceptors (Lipinski definition) is 3. The van der Waals surface area contributed by atoms with Gasteiger partial charge in [0.1, 0.15) is 0 Å². The summed E-state index contributed by atoms with van der Waals surface area (Å²) in [5.74, 6) is -0.249. The van der Waals surface area contributed by atoms with Crippen LogP contribution in [0.2, 0.25) is 0 Å². The van der Waals surface area contributed by atoms with Crippen molar-refractivity contribution < 1.29 is 9.90 Å². The number of carbonyl (C=O) groups is 1. The predicted molar refractivity (Wildman–Crippen MR) is 99.9 cm³/mol.